The molecule has 1 rings (SSSR count). The van der Waals surface area contributed by atoms with Gasteiger partial charge in [0.15, 0.2) is 0 Å². The highest BCUT2D eigenvalue weighted by Crippen LogP contribution is 2.35. The molecule has 0 bridgehead atoms. The van der Waals surface area contributed by atoms with Crippen LogP contribution in [0, 0.1) is 11.8 Å². The molecule has 1 heteroatoms. The zero-order chi connectivity index (χ0) is 8.10. The first-order chi connectivity index (χ1) is 5.36. The first-order valence-electron chi connectivity index (χ1n) is 5.06. The predicted octanol–water partition coefficient (Wildman–Crippen LogP) is 2.55. The Hall–Kier alpha value is -0.0400. The fourth-order valence-electron chi connectivity index (χ4n) is 2.22. The van der Waals surface area contributed by atoms with Crippen LogP contribution in [-0.4, -0.2) is 6.54 Å². The number of hydrogen-bond acceptors (Lipinski definition) is 1. The van der Waals surface area contributed by atoms with E-state index in [1.165, 1.54) is 38.5 Å². The summed E-state index contributed by atoms with van der Waals surface area (Å²) in [5.41, 5.74) is 5.47. The summed E-state index contributed by atoms with van der Waals surface area (Å²) in [6, 6.07) is 0. The highest BCUT2D eigenvalue weighted by molar-refractivity contribution is 4.74. The Bertz CT molecular complexity index is 101. The fourth-order valence-corrected chi connectivity index (χ4v) is 2.22. The van der Waals surface area contributed by atoms with Crippen LogP contribution >= 0.6 is 0 Å². The van der Waals surface area contributed by atoms with Gasteiger partial charge in [-0.1, -0.05) is 26.2 Å². The van der Waals surface area contributed by atoms with Crippen LogP contribution in [0.1, 0.15) is 45.4 Å². The van der Waals surface area contributed by atoms with Crippen LogP contribution in [0.2, 0.25) is 0 Å². The van der Waals surface area contributed by atoms with Gasteiger partial charge in [-0.05, 0) is 37.6 Å². The van der Waals surface area contributed by atoms with Gasteiger partial charge in [0.2, 0.25) is 0 Å². The second-order valence-electron chi connectivity index (χ2n) is 3.88. The Morgan fingerprint density at radius 3 is 2.55 bits per heavy atom. The van der Waals surface area contributed by atoms with Crippen molar-refractivity contribution in [3.63, 3.8) is 0 Å². The fraction of sp³-hybridized carbons (Fsp3) is 1.00. The Morgan fingerprint density at radius 1 is 1.27 bits per heavy atom. The monoisotopic (exact) mass is 155 g/mol. The van der Waals surface area contributed by atoms with Gasteiger partial charge in [0.25, 0.3) is 0 Å². The minimum absolute atomic E-state index is 0.882. The molecule has 1 aliphatic rings. The maximum absolute atomic E-state index is 5.47. The average Bonchev–Trinajstić information content (AvgIpc) is 2.48. The quantitative estimate of drug-likeness (QED) is 0.663. The number of rotatable bonds is 4. The van der Waals surface area contributed by atoms with Gasteiger partial charge >= 0.3 is 0 Å². The molecule has 0 aromatic carbocycles. The molecule has 2 N–H and O–H groups in total. The van der Waals surface area contributed by atoms with Crippen molar-refractivity contribution in [1.29, 1.82) is 0 Å². The van der Waals surface area contributed by atoms with Gasteiger partial charge < -0.3 is 5.73 Å². The van der Waals surface area contributed by atoms with Crippen molar-refractivity contribution in [1.82, 2.24) is 0 Å². The first kappa shape index (κ1) is 9.05. The summed E-state index contributed by atoms with van der Waals surface area (Å²) in [6.45, 7) is 3.20. The third-order valence-corrected chi connectivity index (χ3v) is 3.04. The highest BCUT2D eigenvalue weighted by atomic mass is 14.5. The van der Waals surface area contributed by atoms with E-state index >= 15 is 0 Å². The molecule has 1 aliphatic carbocycles. The molecule has 1 nitrogen and oxygen atoms in total. The molecule has 0 aromatic heterocycles. The van der Waals surface area contributed by atoms with Crippen molar-refractivity contribution in [3.05, 3.63) is 0 Å². The lowest BCUT2D eigenvalue weighted by atomic mass is 9.99. The van der Waals surface area contributed by atoms with Crippen LogP contribution in [0.3, 0.4) is 0 Å². The molecule has 1 fully saturated rings. The number of nitrogens with two attached hydrogens (primary N) is 1. The van der Waals surface area contributed by atoms with Crippen molar-refractivity contribution >= 4 is 0 Å². The van der Waals surface area contributed by atoms with E-state index in [4.69, 9.17) is 5.73 Å². The average molecular weight is 155 g/mol. The highest BCUT2D eigenvalue weighted by Gasteiger charge is 2.22. The van der Waals surface area contributed by atoms with Crippen LogP contribution in [0.4, 0.5) is 0 Å². The van der Waals surface area contributed by atoms with Gasteiger partial charge in [0.1, 0.15) is 0 Å². The zero-order valence-corrected chi connectivity index (χ0v) is 7.68. The van der Waals surface area contributed by atoms with E-state index < -0.39 is 0 Å². The molecule has 0 radical (unpaired) electrons. The molecule has 0 aromatic rings. The summed E-state index contributed by atoms with van der Waals surface area (Å²) in [6.07, 6.45) is 8.44. The van der Waals surface area contributed by atoms with E-state index in [1.54, 1.807) is 0 Å². The third-order valence-electron chi connectivity index (χ3n) is 3.04. The van der Waals surface area contributed by atoms with Crippen LogP contribution in [0.25, 0.3) is 0 Å². The summed E-state index contributed by atoms with van der Waals surface area (Å²) in [4.78, 5) is 0. The van der Waals surface area contributed by atoms with Gasteiger partial charge in [-0.25, -0.2) is 0 Å². The van der Waals surface area contributed by atoms with Crippen LogP contribution in [0.15, 0.2) is 0 Å². The molecule has 66 valence electrons. The van der Waals surface area contributed by atoms with Gasteiger partial charge in [0, 0.05) is 0 Å². The lowest BCUT2D eigenvalue weighted by molar-refractivity contribution is 0.448. The smallest absolute Gasteiger partial charge is 0.00772 e. The maximum Gasteiger partial charge on any atom is -0.00772 e. The van der Waals surface area contributed by atoms with Crippen molar-refractivity contribution in [3.8, 4) is 0 Å². The van der Waals surface area contributed by atoms with Gasteiger partial charge in [-0.2, -0.15) is 0 Å². The largest absolute Gasteiger partial charge is 0.330 e. The van der Waals surface area contributed by atoms with Crippen molar-refractivity contribution in [2.45, 2.75) is 45.4 Å². The van der Waals surface area contributed by atoms with E-state index in [0.29, 0.717) is 0 Å². The molecule has 11 heavy (non-hydrogen) atoms. The summed E-state index contributed by atoms with van der Waals surface area (Å²) in [5, 5.41) is 0. The molecule has 2 atom stereocenters. The predicted molar refractivity (Wildman–Crippen MR) is 49.4 cm³/mol. The Labute approximate surface area is 70.4 Å². The van der Waals surface area contributed by atoms with Crippen molar-refractivity contribution in [2.24, 2.45) is 17.6 Å². The zero-order valence-electron chi connectivity index (χ0n) is 7.68. The van der Waals surface area contributed by atoms with E-state index in [9.17, 15) is 0 Å². The van der Waals surface area contributed by atoms with Crippen molar-refractivity contribution in [2.75, 3.05) is 6.54 Å². The molecule has 0 heterocycles. The number of hydrogen-bond donors (Lipinski definition) is 1. The summed E-state index contributed by atoms with van der Waals surface area (Å²) < 4.78 is 0. The minimum Gasteiger partial charge on any atom is -0.330 e. The first-order valence-corrected chi connectivity index (χ1v) is 5.06. The molecule has 0 aliphatic heterocycles. The van der Waals surface area contributed by atoms with E-state index in [0.717, 1.165) is 18.4 Å². The normalized spacial score (nSPS) is 31.1. The molecular formula is C10H21N. The molecule has 2 unspecified atom stereocenters. The SMILES string of the molecule is CCC1CCC(CCCN)C1. The standard InChI is InChI=1S/C10H21N/c1-2-9-5-6-10(8-9)4-3-7-11/h9-10H,2-8,11H2,1H3. The lowest BCUT2D eigenvalue weighted by Crippen LogP contribution is -2.02. The summed E-state index contributed by atoms with van der Waals surface area (Å²) in [7, 11) is 0. The van der Waals surface area contributed by atoms with Gasteiger partial charge in [-0.15, -0.1) is 0 Å². The van der Waals surface area contributed by atoms with E-state index in [2.05, 4.69) is 6.92 Å². The second-order valence-corrected chi connectivity index (χ2v) is 3.88. The van der Waals surface area contributed by atoms with Crippen molar-refractivity contribution < 1.29 is 0 Å². The molecule has 0 spiro atoms. The molecule has 1 saturated carbocycles. The summed E-state index contributed by atoms with van der Waals surface area (Å²) >= 11 is 0. The molecule has 0 saturated heterocycles. The minimum atomic E-state index is 0.882. The topological polar surface area (TPSA) is 26.0 Å². The summed E-state index contributed by atoms with van der Waals surface area (Å²) in [5.74, 6) is 2.06. The third kappa shape index (κ3) is 2.82. The van der Waals surface area contributed by atoms with Crippen LogP contribution in [0.5, 0.6) is 0 Å². The second kappa shape index (κ2) is 4.76. The van der Waals surface area contributed by atoms with Crippen LogP contribution < -0.4 is 5.73 Å². The molecule has 0 amide bonds. The van der Waals surface area contributed by atoms with E-state index in [-0.39, 0.29) is 0 Å². The lowest BCUT2D eigenvalue weighted by Gasteiger charge is -2.08. The van der Waals surface area contributed by atoms with Gasteiger partial charge in [-0.3, -0.25) is 0 Å². The van der Waals surface area contributed by atoms with Crippen LogP contribution in [-0.2, 0) is 0 Å². The Balaban J connectivity index is 2.09. The van der Waals surface area contributed by atoms with E-state index in [1.807, 2.05) is 0 Å². The molecular weight excluding hydrogens is 134 g/mol. The Morgan fingerprint density at radius 2 is 2.00 bits per heavy atom. The van der Waals surface area contributed by atoms with Gasteiger partial charge in [0.05, 0.1) is 0 Å². The Kier molecular flexibility index (Phi) is 3.92. The maximum atomic E-state index is 5.47.